The Balaban J connectivity index is 2.68. The molecule has 0 unspecified atom stereocenters. The normalized spacial score (nSPS) is 10.4. The maximum atomic E-state index is 10.9. The molecule has 7 nitrogen and oxygen atoms in total. The quantitative estimate of drug-likeness (QED) is 0.609. The van der Waals surface area contributed by atoms with Gasteiger partial charge in [-0.25, -0.2) is 0 Å². The van der Waals surface area contributed by atoms with Gasteiger partial charge in [0, 0.05) is 13.1 Å². The fourth-order valence-electron chi connectivity index (χ4n) is 1.82. The molecule has 0 saturated carbocycles. The Bertz CT molecular complexity index is 606. The minimum atomic E-state index is -0.478. The average molecular weight is 248 g/mol. The summed E-state index contributed by atoms with van der Waals surface area (Å²) in [6.07, 6.45) is 0. The van der Waals surface area contributed by atoms with E-state index < -0.39 is 4.92 Å². The molecule has 18 heavy (non-hydrogen) atoms. The number of benzene rings is 1. The molecular weight excluding hydrogens is 236 g/mol. The van der Waals surface area contributed by atoms with Gasteiger partial charge in [-0.2, -0.15) is 15.0 Å². The van der Waals surface area contributed by atoms with Gasteiger partial charge in [0.15, 0.2) is 0 Å². The van der Waals surface area contributed by atoms with Gasteiger partial charge in [-0.1, -0.05) is 6.07 Å². The number of methoxy groups -OCH3 is 1. The molecule has 1 aromatic carbocycles. The summed E-state index contributed by atoms with van der Waals surface area (Å²) in [5, 5.41) is 19.2. The van der Waals surface area contributed by atoms with Crippen molar-refractivity contribution in [2.75, 3.05) is 7.11 Å². The van der Waals surface area contributed by atoms with Gasteiger partial charge in [-0.05, 0) is 13.0 Å². The van der Waals surface area contributed by atoms with Crippen molar-refractivity contribution in [1.82, 2.24) is 15.0 Å². The third-order valence-electron chi connectivity index (χ3n) is 2.53. The number of aromatic nitrogens is 3. The van der Waals surface area contributed by atoms with Crippen LogP contribution in [0.5, 0.6) is 5.75 Å². The Morgan fingerprint density at radius 1 is 1.39 bits per heavy atom. The molecule has 7 heteroatoms. The summed E-state index contributed by atoms with van der Waals surface area (Å²) in [5.41, 5.74) is 1.76. The summed E-state index contributed by atoms with van der Waals surface area (Å²) in [6, 6.07) is 4.72. The highest BCUT2D eigenvalue weighted by atomic mass is 16.6. The zero-order chi connectivity index (χ0) is 13.3. The number of hydrogen-bond donors (Lipinski definition) is 0. The zero-order valence-electron chi connectivity index (χ0n) is 10.2. The van der Waals surface area contributed by atoms with Crippen LogP contribution in [0.2, 0.25) is 0 Å². The van der Waals surface area contributed by atoms with Gasteiger partial charge in [0.2, 0.25) is 5.75 Å². The first-order chi connectivity index (χ1) is 8.54. The van der Waals surface area contributed by atoms with Crippen molar-refractivity contribution in [1.29, 1.82) is 0 Å². The fourth-order valence-corrected chi connectivity index (χ4v) is 1.82. The van der Waals surface area contributed by atoms with E-state index in [4.69, 9.17) is 4.74 Å². The Morgan fingerprint density at radius 3 is 2.61 bits per heavy atom. The molecule has 0 atom stereocenters. The lowest BCUT2D eigenvalue weighted by Crippen LogP contribution is -1.97. The second kappa shape index (κ2) is 4.44. The number of ether oxygens (including phenoxy) is 1. The van der Waals surface area contributed by atoms with Crippen LogP contribution in [0.25, 0.3) is 11.3 Å². The summed E-state index contributed by atoms with van der Waals surface area (Å²) < 4.78 is 5.14. The summed E-state index contributed by atoms with van der Waals surface area (Å²) >= 11 is 0. The van der Waals surface area contributed by atoms with Crippen molar-refractivity contribution < 1.29 is 9.66 Å². The molecule has 1 aromatic heterocycles. The molecule has 2 rings (SSSR count). The number of nitrogens with zero attached hydrogens (tertiary/aromatic N) is 4. The third kappa shape index (κ3) is 1.90. The van der Waals surface area contributed by atoms with Crippen molar-refractivity contribution in [3.63, 3.8) is 0 Å². The Morgan fingerprint density at radius 2 is 2.11 bits per heavy atom. The number of rotatable bonds is 3. The van der Waals surface area contributed by atoms with Gasteiger partial charge in [0.05, 0.1) is 23.3 Å². The molecule has 0 aliphatic carbocycles. The average Bonchev–Trinajstić information content (AvgIpc) is 2.67. The van der Waals surface area contributed by atoms with Crippen LogP contribution in [0.4, 0.5) is 5.69 Å². The fraction of sp³-hybridized carbons (Fsp3) is 0.273. The molecule has 0 bridgehead atoms. The van der Waals surface area contributed by atoms with Crippen molar-refractivity contribution in [2.45, 2.75) is 6.92 Å². The molecule has 0 N–H and O–H groups in total. The van der Waals surface area contributed by atoms with Crippen LogP contribution in [0.3, 0.4) is 0 Å². The maximum absolute atomic E-state index is 10.9. The van der Waals surface area contributed by atoms with Crippen molar-refractivity contribution in [2.24, 2.45) is 7.05 Å². The number of aryl methyl sites for hydroxylation is 2. The highest BCUT2D eigenvalue weighted by Crippen LogP contribution is 2.37. The van der Waals surface area contributed by atoms with Crippen LogP contribution in [-0.4, -0.2) is 27.0 Å². The summed E-state index contributed by atoms with van der Waals surface area (Å²) in [6.45, 7) is 1.79. The molecular formula is C11H12N4O3. The van der Waals surface area contributed by atoms with E-state index in [0.29, 0.717) is 17.0 Å². The van der Waals surface area contributed by atoms with Gasteiger partial charge >= 0.3 is 5.69 Å². The number of hydrogen-bond acceptors (Lipinski definition) is 5. The minimum absolute atomic E-state index is 0.0833. The van der Waals surface area contributed by atoms with Gasteiger partial charge < -0.3 is 4.74 Å². The molecule has 0 amide bonds. The first-order valence-electron chi connectivity index (χ1n) is 5.24. The van der Waals surface area contributed by atoms with Gasteiger partial charge in [0.1, 0.15) is 5.69 Å². The third-order valence-corrected chi connectivity index (χ3v) is 2.53. The molecule has 0 radical (unpaired) electrons. The van der Waals surface area contributed by atoms with Gasteiger partial charge in [-0.15, -0.1) is 0 Å². The standard InChI is InChI=1S/C11H12N4O3/c1-7-10(13-14(2)12-7)8-5-4-6-9(15(16)17)11(8)18-3/h4-6H,1-3H3. The van der Waals surface area contributed by atoms with Crippen LogP contribution < -0.4 is 4.74 Å². The Kier molecular flexibility index (Phi) is 2.97. The molecule has 0 spiro atoms. The van der Waals surface area contributed by atoms with Gasteiger partial charge in [-0.3, -0.25) is 10.1 Å². The second-order valence-electron chi connectivity index (χ2n) is 3.74. The minimum Gasteiger partial charge on any atom is -0.490 e. The van der Waals surface area contributed by atoms with E-state index in [9.17, 15) is 10.1 Å². The van der Waals surface area contributed by atoms with Crippen LogP contribution in [0.15, 0.2) is 18.2 Å². The van der Waals surface area contributed by atoms with Crippen molar-refractivity contribution >= 4 is 5.69 Å². The van der Waals surface area contributed by atoms with E-state index in [1.807, 2.05) is 0 Å². The monoisotopic (exact) mass is 248 g/mol. The largest absolute Gasteiger partial charge is 0.490 e. The van der Waals surface area contributed by atoms with Crippen LogP contribution >= 0.6 is 0 Å². The van der Waals surface area contributed by atoms with Crippen LogP contribution in [0.1, 0.15) is 5.69 Å². The van der Waals surface area contributed by atoms with Gasteiger partial charge in [0.25, 0.3) is 0 Å². The van der Waals surface area contributed by atoms with Crippen LogP contribution in [-0.2, 0) is 7.05 Å². The molecule has 0 aliphatic heterocycles. The lowest BCUT2D eigenvalue weighted by Gasteiger charge is -2.06. The molecule has 0 aliphatic rings. The van der Waals surface area contributed by atoms with E-state index in [0.717, 1.165) is 0 Å². The predicted octanol–water partition coefficient (Wildman–Crippen LogP) is 1.71. The lowest BCUT2D eigenvalue weighted by atomic mass is 10.1. The second-order valence-corrected chi connectivity index (χ2v) is 3.74. The molecule has 1 heterocycles. The van der Waals surface area contributed by atoms with E-state index >= 15 is 0 Å². The Hall–Kier alpha value is -2.44. The topological polar surface area (TPSA) is 83.1 Å². The SMILES string of the molecule is COc1c(-c2nn(C)nc2C)cccc1[N+](=O)[O-]. The lowest BCUT2D eigenvalue weighted by molar-refractivity contribution is -0.385. The summed E-state index contributed by atoms with van der Waals surface area (Å²) in [5.74, 6) is 0.200. The first kappa shape index (κ1) is 12.0. The van der Waals surface area contributed by atoms with E-state index in [1.54, 1.807) is 26.1 Å². The van der Waals surface area contributed by atoms with Crippen molar-refractivity contribution in [3.8, 4) is 17.0 Å². The Labute approximate surface area is 103 Å². The summed E-state index contributed by atoms with van der Waals surface area (Å²) in [4.78, 5) is 11.9. The van der Waals surface area contributed by atoms with E-state index in [-0.39, 0.29) is 11.4 Å². The van der Waals surface area contributed by atoms with Crippen LogP contribution in [0, 0.1) is 17.0 Å². The number of nitro benzene ring substituents is 1. The van der Waals surface area contributed by atoms with E-state index in [1.165, 1.54) is 18.0 Å². The molecule has 2 aromatic rings. The molecule has 0 saturated heterocycles. The van der Waals surface area contributed by atoms with Crippen molar-refractivity contribution in [3.05, 3.63) is 34.0 Å². The smallest absolute Gasteiger partial charge is 0.311 e. The first-order valence-corrected chi connectivity index (χ1v) is 5.24. The summed E-state index contributed by atoms with van der Waals surface area (Å²) in [7, 11) is 3.10. The highest BCUT2D eigenvalue weighted by Gasteiger charge is 2.22. The zero-order valence-corrected chi connectivity index (χ0v) is 10.2. The maximum Gasteiger partial charge on any atom is 0.311 e. The number of para-hydroxylation sites is 1. The molecule has 94 valence electrons. The molecule has 0 fully saturated rings. The predicted molar refractivity (Wildman–Crippen MR) is 64.4 cm³/mol. The number of nitro groups is 1. The van der Waals surface area contributed by atoms with E-state index in [2.05, 4.69) is 10.2 Å². The highest BCUT2D eigenvalue weighted by molar-refractivity contribution is 5.74.